The predicted molar refractivity (Wildman–Crippen MR) is 53.7 cm³/mol. The van der Waals surface area contributed by atoms with Crippen LogP contribution < -0.4 is 29.3 Å². The van der Waals surface area contributed by atoms with Crippen molar-refractivity contribution in [1.82, 2.24) is 10.5 Å². The number of rotatable bonds is 2. The number of halogens is 1. The number of aromatic nitrogens is 1. The Morgan fingerprint density at radius 3 is 2.67 bits per heavy atom. The molecule has 86 valence electrons. The molecule has 2 rings (SSSR count). The van der Waals surface area contributed by atoms with Gasteiger partial charge >= 0.3 is 0 Å². The molecule has 1 aromatic rings. The lowest BCUT2D eigenvalue weighted by molar-refractivity contribution is -0.924. The van der Waals surface area contributed by atoms with Crippen molar-refractivity contribution < 1.29 is 33.0 Å². The zero-order valence-electron chi connectivity index (χ0n) is 9.29. The van der Waals surface area contributed by atoms with E-state index in [2.05, 4.69) is 17.5 Å². The molecule has 1 aromatic heterocycles. The summed E-state index contributed by atoms with van der Waals surface area (Å²) in [7, 11) is 2.28. The standard InChI is InChI=1S/C10H18N3O.HI/c1-9-7-10(12-14-9)8-13(2)5-3-11-4-6-13;/h7,11H,3-6,8H2,1-2H3;1H/q+1;/p-1. The third kappa shape index (κ3) is 3.42. The molecule has 0 unspecified atom stereocenters. The molecule has 0 amide bonds. The third-order valence-corrected chi connectivity index (χ3v) is 2.88. The van der Waals surface area contributed by atoms with Crippen LogP contribution in [-0.2, 0) is 6.54 Å². The Bertz CT molecular complexity index is 307. The van der Waals surface area contributed by atoms with Gasteiger partial charge in [-0.2, -0.15) is 0 Å². The van der Waals surface area contributed by atoms with Crippen molar-refractivity contribution in [2.75, 3.05) is 33.2 Å². The maximum Gasteiger partial charge on any atom is 0.138 e. The van der Waals surface area contributed by atoms with Gasteiger partial charge in [0.1, 0.15) is 18.0 Å². The molecule has 1 fully saturated rings. The van der Waals surface area contributed by atoms with Crippen LogP contribution in [-0.4, -0.2) is 42.9 Å². The van der Waals surface area contributed by atoms with E-state index in [1.807, 2.05) is 13.0 Å². The van der Waals surface area contributed by atoms with Crippen molar-refractivity contribution in [2.24, 2.45) is 0 Å². The van der Waals surface area contributed by atoms with Crippen LogP contribution >= 0.6 is 0 Å². The number of nitrogens with zero attached hydrogens (tertiary/aromatic N) is 2. The smallest absolute Gasteiger partial charge is 0.138 e. The van der Waals surface area contributed by atoms with Crippen LogP contribution in [0.4, 0.5) is 0 Å². The Morgan fingerprint density at radius 1 is 1.47 bits per heavy atom. The number of aryl methyl sites for hydroxylation is 1. The molecule has 0 saturated carbocycles. The first-order valence-corrected chi connectivity index (χ1v) is 5.14. The molecule has 15 heavy (non-hydrogen) atoms. The van der Waals surface area contributed by atoms with E-state index in [1.165, 1.54) is 13.1 Å². The summed E-state index contributed by atoms with van der Waals surface area (Å²) < 4.78 is 6.14. The maximum absolute atomic E-state index is 5.08. The molecule has 4 nitrogen and oxygen atoms in total. The summed E-state index contributed by atoms with van der Waals surface area (Å²) in [5, 5.41) is 7.42. The Hall–Kier alpha value is -0.140. The Morgan fingerprint density at radius 2 is 2.13 bits per heavy atom. The molecule has 0 bridgehead atoms. The largest absolute Gasteiger partial charge is 1.00 e. The molecule has 5 heteroatoms. The summed E-state index contributed by atoms with van der Waals surface area (Å²) in [4.78, 5) is 0. The maximum atomic E-state index is 5.08. The number of nitrogens with one attached hydrogen (secondary N) is 1. The summed E-state index contributed by atoms with van der Waals surface area (Å²) in [6.07, 6.45) is 0. The van der Waals surface area contributed by atoms with E-state index >= 15 is 0 Å². The van der Waals surface area contributed by atoms with Gasteiger partial charge in [-0.3, -0.25) is 0 Å². The average molecular weight is 323 g/mol. The highest BCUT2D eigenvalue weighted by molar-refractivity contribution is 5.01. The average Bonchev–Trinajstić information content (AvgIpc) is 2.51. The summed E-state index contributed by atoms with van der Waals surface area (Å²) in [5.41, 5.74) is 1.08. The van der Waals surface area contributed by atoms with E-state index < -0.39 is 0 Å². The first kappa shape index (κ1) is 12.9. The lowest BCUT2D eigenvalue weighted by atomic mass is 10.2. The van der Waals surface area contributed by atoms with Gasteiger partial charge in [-0.05, 0) is 6.92 Å². The molecular weight excluding hydrogens is 305 g/mol. The van der Waals surface area contributed by atoms with Crippen LogP contribution in [0.2, 0.25) is 0 Å². The van der Waals surface area contributed by atoms with Crippen molar-refractivity contribution in [2.45, 2.75) is 13.5 Å². The van der Waals surface area contributed by atoms with Gasteiger partial charge in [0.15, 0.2) is 0 Å². The van der Waals surface area contributed by atoms with Crippen LogP contribution in [0.3, 0.4) is 0 Å². The van der Waals surface area contributed by atoms with Gasteiger partial charge in [-0.1, -0.05) is 5.16 Å². The molecule has 1 saturated heterocycles. The Kier molecular flexibility index (Phi) is 4.54. The van der Waals surface area contributed by atoms with Gasteiger partial charge in [-0.15, -0.1) is 0 Å². The highest BCUT2D eigenvalue weighted by atomic mass is 127. The molecule has 2 heterocycles. The minimum Gasteiger partial charge on any atom is -1.00 e. The SMILES string of the molecule is Cc1cc(C[N+]2(C)CCNCC2)no1.[I-]. The van der Waals surface area contributed by atoms with Crippen LogP contribution in [0.25, 0.3) is 0 Å². The first-order chi connectivity index (χ1) is 6.68. The minimum absolute atomic E-state index is 0. The third-order valence-electron chi connectivity index (χ3n) is 2.88. The van der Waals surface area contributed by atoms with Gasteiger partial charge in [0.25, 0.3) is 0 Å². The summed E-state index contributed by atoms with van der Waals surface area (Å²) in [6, 6.07) is 2.03. The monoisotopic (exact) mass is 323 g/mol. The normalized spacial score (nSPS) is 19.6. The number of hydrogen-bond acceptors (Lipinski definition) is 3. The van der Waals surface area contributed by atoms with Crippen LogP contribution in [0.1, 0.15) is 11.5 Å². The molecule has 1 aliphatic heterocycles. The van der Waals surface area contributed by atoms with E-state index in [0.717, 1.165) is 35.6 Å². The predicted octanol–water partition coefficient (Wildman–Crippen LogP) is -2.46. The molecular formula is C10H18IN3O. The van der Waals surface area contributed by atoms with Crippen molar-refractivity contribution in [3.8, 4) is 0 Å². The van der Waals surface area contributed by atoms with Gasteiger partial charge in [0.2, 0.25) is 0 Å². The summed E-state index contributed by atoms with van der Waals surface area (Å²) in [6.45, 7) is 7.48. The zero-order valence-corrected chi connectivity index (χ0v) is 11.5. The van der Waals surface area contributed by atoms with E-state index in [1.54, 1.807) is 0 Å². The van der Waals surface area contributed by atoms with Crippen molar-refractivity contribution in [3.63, 3.8) is 0 Å². The fourth-order valence-electron chi connectivity index (χ4n) is 1.98. The van der Waals surface area contributed by atoms with Gasteiger partial charge in [-0.25, -0.2) is 0 Å². The Balaban J connectivity index is 0.00000112. The molecule has 1 aliphatic rings. The highest BCUT2D eigenvalue weighted by Crippen LogP contribution is 2.12. The molecule has 0 radical (unpaired) electrons. The van der Waals surface area contributed by atoms with E-state index in [9.17, 15) is 0 Å². The first-order valence-electron chi connectivity index (χ1n) is 5.14. The topological polar surface area (TPSA) is 38.1 Å². The highest BCUT2D eigenvalue weighted by Gasteiger charge is 2.25. The molecule has 1 N–H and O–H groups in total. The second kappa shape index (κ2) is 5.27. The number of piperazine rings is 1. The molecule has 0 aliphatic carbocycles. The Labute approximate surface area is 108 Å². The van der Waals surface area contributed by atoms with Gasteiger partial charge in [0, 0.05) is 19.2 Å². The van der Waals surface area contributed by atoms with E-state index in [-0.39, 0.29) is 24.0 Å². The number of hydrogen-bond donors (Lipinski definition) is 1. The van der Waals surface area contributed by atoms with Gasteiger partial charge in [0.05, 0.1) is 20.1 Å². The lowest BCUT2D eigenvalue weighted by Gasteiger charge is -2.37. The fraction of sp³-hybridized carbons (Fsp3) is 0.700. The number of quaternary nitrogens is 1. The quantitative estimate of drug-likeness (QED) is 0.485. The second-order valence-corrected chi connectivity index (χ2v) is 4.40. The van der Waals surface area contributed by atoms with Crippen molar-refractivity contribution in [1.29, 1.82) is 0 Å². The van der Waals surface area contributed by atoms with Gasteiger partial charge < -0.3 is 38.3 Å². The fourth-order valence-corrected chi connectivity index (χ4v) is 1.98. The second-order valence-electron chi connectivity index (χ2n) is 4.40. The molecule has 0 aromatic carbocycles. The number of likely N-dealkylation sites (N-methyl/N-ethyl adjacent to an activating group) is 1. The van der Waals surface area contributed by atoms with Crippen molar-refractivity contribution in [3.05, 3.63) is 17.5 Å². The molecule has 0 spiro atoms. The van der Waals surface area contributed by atoms with E-state index in [0.29, 0.717) is 0 Å². The molecule has 0 atom stereocenters. The summed E-state index contributed by atoms with van der Waals surface area (Å²) in [5.74, 6) is 0.904. The lowest BCUT2D eigenvalue weighted by Crippen LogP contribution is -3.00. The minimum atomic E-state index is 0. The zero-order chi connectivity index (χ0) is 10.0. The van der Waals surface area contributed by atoms with Crippen molar-refractivity contribution >= 4 is 0 Å². The van der Waals surface area contributed by atoms with E-state index in [4.69, 9.17) is 4.52 Å². The van der Waals surface area contributed by atoms with Crippen LogP contribution in [0.5, 0.6) is 0 Å². The summed E-state index contributed by atoms with van der Waals surface area (Å²) >= 11 is 0. The van der Waals surface area contributed by atoms with Crippen LogP contribution in [0.15, 0.2) is 10.6 Å². The van der Waals surface area contributed by atoms with Crippen LogP contribution in [0, 0.1) is 6.92 Å².